The lowest BCUT2D eigenvalue weighted by molar-refractivity contribution is 0.0527. The molecule has 0 saturated carbocycles. The molecule has 3 rings (SSSR count). The number of aromatic nitrogens is 3. The first-order valence-corrected chi connectivity index (χ1v) is 11.3. The summed E-state index contributed by atoms with van der Waals surface area (Å²) in [6.07, 6.45) is 3.76. The van der Waals surface area contributed by atoms with Gasteiger partial charge in [0.15, 0.2) is 0 Å². The highest BCUT2D eigenvalue weighted by Crippen LogP contribution is 2.22. The molecule has 1 aliphatic rings. The average molecular weight is 470 g/mol. The SMILES string of the molecule is CC(C)(C)OC(=O)NCCCCc1cn(-c2ccc(C#N)c(OCCN3CCNC3=O)c2)nn1. The molecule has 0 bridgehead atoms. The molecule has 0 spiro atoms. The van der Waals surface area contributed by atoms with E-state index in [9.17, 15) is 14.9 Å². The molecule has 11 nitrogen and oxygen atoms in total. The summed E-state index contributed by atoms with van der Waals surface area (Å²) in [5.74, 6) is 0.435. The topological polar surface area (TPSA) is 134 Å². The third-order valence-corrected chi connectivity index (χ3v) is 4.98. The number of aryl methyl sites for hydroxylation is 1. The molecule has 1 fully saturated rings. The Kier molecular flexibility index (Phi) is 8.29. The summed E-state index contributed by atoms with van der Waals surface area (Å²) < 4.78 is 12.6. The predicted molar refractivity (Wildman–Crippen MR) is 124 cm³/mol. The van der Waals surface area contributed by atoms with Crippen LogP contribution in [0.15, 0.2) is 24.4 Å². The van der Waals surface area contributed by atoms with Gasteiger partial charge in [0, 0.05) is 25.7 Å². The zero-order chi connectivity index (χ0) is 24.6. The van der Waals surface area contributed by atoms with E-state index >= 15 is 0 Å². The minimum atomic E-state index is -0.511. The Morgan fingerprint density at radius 3 is 2.85 bits per heavy atom. The number of alkyl carbamates (subject to hydrolysis) is 1. The second-order valence-electron chi connectivity index (χ2n) is 8.90. The maximum absolute atomic E-state index is 11.7. The summed E-state index contributed by atoms with van der Waals surface area (Å²) >= 11 is 0. The van der Waals surface area contributed by atoms with Crippen molar-refractivity contribution in [3.63, 3.8) is 0 Å². The standard InChI is InChI=1S/C23H31N7O4/c1-23(2,3)34-22(32)26-9-5-4-6-18-16-30(28-27-18)19-8-7-17(15-24)20(14-19)33-13-12-29-11-10-25-21(29)31/h7-8,14,16H,4-6,9-13H2,1-3H3,(H,25,31)(H,26,32). The summed E-state index contributed by atoms with van der Waals surface area (Å²) in [6.45, 7) is 8.01. The number of hydrogen-bond donors (Lipinski definition) is 2. The smallest absolute Gasteiger partial charge is 0.407 e. The van der Waals surface area contributed by atoms with Gasteiger partial charge in [-0.05, 0) is 52.2 Å². The molecule has 2 N–H and O–H groups in total. The summed E-state index contributed by atoms with van der Waals surface area (Å²) in [4.78, 5) is 25.0. The number of benzene rings is 1. The minimum Gasteiger partial charge on any atom is -0.490 e. The van der Waals surface area contributed by atoms with Crippen molar-refractivity contribution in [3.05, 3.63) is 35.7 Å². The Bertz CT molecular complexity index is 1040. The van der Waals surface area contributed by atoms with Gasteiger partial charge in [0.2, 0.25) is 0 Å². The molecule has 2 heterocycles. The van der Waals surface area contributed by atoms with Gasteiger partial charge in [-0.3, -0.25) is 0 Å². The van der Waals surface area contributed by atoms with E-state index < -0.39 is 11.7 Å². The second-order valence-corrected chi connectivity index (χ2v) is 8.90. The number of carbonyl (C=O) groups is 2. The van der Waals surface area contributed by atoms with Crippen molar-refractivity contribution in [3.8, 4) is 17.5 Å². The van der Waals surface area contributed by atoms with Crippen molar-refractivity contribution in [2.75, 3.05) is 32.8 Å². The Hall–Kier alpha value is -3.81. The lowest BCUT2D eigenvalue weighted by Crippen LogP contribution is -2.33. The number of nitrogens with zero attached hydrogens (tertiary/aromatic N) is 5. The predicted octanol–water partition coefficient (Wildman–Crippen LogP) is 2.39. The fourth-order valence-corrected chi connectivity index (χ4v) is 3.33. The van der Waals surface area contributed by atoms with Crippen molar-refractivity contribution >= 4 is 12.1 Å². The number of hydrogen-bond acceptors (Lipinski definition) is 7. The first-order chi connectivity index (χ1) is 16.2. The van der Waals surface area contributed by atoms with Crippen molar-refractivity contribution in [1.82, 2.24) is 30.5 Å². The van der Waals surface area contributed by atoms with Crippen molar-refractivity contribution in [2.24, 2.45) is 0 Å². The Morgan fingerprint density at radius 2 is 2.15 bits per heavy atom. The van der Waals surface area contributed by atoms with Gasteiger partial charge in [0.1, 0.15) is 24.0 Å². The van der Waals surface area contributed by atoms with Crippen molar-refractivity contribution in [2.45, 2.75) is 45.6 Å². The largest absolute Gasteiger partial charge is 0.490 e. The highest BCUT2D eigenvalue weighted by atomic mass is 16.6. The number of urea groups is 1. The minimum absolute atomic E-state index is 0.103. The first-order valence-electron chi connectivity index (χ1n) is 11.3. The zero-order valence-corrected chi connectivity index (χ0v) is 19.8. The van der Waals surface area contributed by atoms with E-state index in [1.54, 1.807) is 27.8 Å². The maximum Gasteiger partial charge on any atom is 0.407 e. The van der Waals surface area contributed by atoms with Crippen molar-refractivity contribution < 1.29 is 19.1 Å². The first kappa shape index (κ1) is 24.8. The van der Waals surface area contributed by atoms with Crippen LogP contribution in [0.1, 0.15) is 44.9 Å². The molecular formula is C23H31N7O4. The molecule has 34 heavy (non-hydrogen) atoms. The summed E-state index contributed by atoms with van der Waals surface area (Å²) in [5.41, 5.74) is 1.44. The van der Waals surface area contributed by atoms with Crippen LogP contribution in [-0.4, -0.2) is 70.4 Å². The van der Waals surface area contributed by atoms with E-state index in [1.807, 2.05) is 27.0 Å². The number of amides is 3. The molecule has 1 aliphatic heterocycles. The quantitative estimate of drug-likeness (QED) is 0.510. The molecule has 2 aromatic rings. The molecule has 0 aliphatic carbocycles. The van der Waals surface area contributed by atoms with E-state index in [1.165, 1.54) is 0 Å². The number of nitriles is 1. The van der Waals surface area contributed by atoms with Gasteiger partial charge in [0.25, 0.3) is 0 Å². The molecule has 1 saturated heterocycles. The average Bonchev–Trinajstić information content (AvgIpc) is 3.41. The maximum atomic E-state index is 11.7. The summed E-state index contributed by atoms with van der Waals surface area (Å²) in [7, 11) is 0. The molecule has 0 atom stereocenters. The van der Waals surface area contributed by atoms with E-state index in [4.69, 9.17) is 9.47 Å². The van der Waals surface area contributed by atoms with Crippen LogP contribution in [0.4, 0.5) is 9.59 Å². The second kappa shape index (κ2) is 11.4. The number of nitrogens with one attached hydrogen (secondary N) is 2. The fraction of sp³-hybridized carbons (Fsp3) is 0.522. The van der Waals surface area contributed by atoms with Gasteiger partial charge in [-0.2, -0.15) is 5.26 Å². The van der Waals surface area contributed by atoms with Crippen molar-refractivity contribution in [1.29, 1.82) is 5.26 Å². The van der Waals surface area contributed by atoms with Crippen LogP contribution in [0.3, 0.4) is 0 Å². The van der Waals surface area contributed by atoms with Crippen LogP contribution < -0.4 is 15.4 Å². The van der Waals surface area contributed by atoms with Gasteiger partial charge in [0.05, 0.1) is 29.7 Å². The van der Waals surface area contributed by atoms with Gasteiger partial charge >= 0.3 is 12.1 Å². The lowest BCUT2D eigenvalue weighted by atomic mass is 10.2. The van der Waals surface area contributed by atoms with E-state index in [0.717, 1.165) is 24.2 Å². The van der Waals surface area contributed by atoms with Crippen LogP contribution in [-0.2, 0) is 11.2 Å². The van der Waals surface area contributed by atoms with Gasteiger partial charge < -0.3 is 25.0 Å². The molecule has 3 amide bonds. The molecule has 1 aromatic heterocycles. The highest BCUT2D eigenvalue weighted by molar-refractivity contribution is 5.76. The van der Waals surface area contributed by atoms with Crippen LogP contribution in [0.2, 0.25) is 0 Å². The van der Waals surface area contributed by atoms with Crippen LogP contribution in [0, 0.1) is 11.3 Å². The molecular weight excluding hydrogens is 438 g/mol. The fourth-order valence-electron chi connectivity index (χ4n) is 3.33. The molecule has 0 unspecified atom stereocenters. The Morgan fingerprint density at radius 1 is 1.32 bits per heavy atom. The number of carbonyl (C=O) groups excluding carboxylic acids is 2. The zero-order valence-electron chi connectivity index (χ0n) is 19.8. The van der Waals surface area contributed by atoms with E-state index in [2.05, 4.69) is 27.0 Å². The molecule has 1 aromatic carbocycles. The Labute approximate surface area is 199 Å². The van der Waals surface area contributed by atoms with Gasteiger partial charge in [-0.1, -0.05) is 5.21 Å². The highest BCUT2D eigenvalue weighted by Gasteiger charge is 2.19. The van der Waals surface area contributed by atoms with Crippen LogP contribution in [0.25, 0.3) is 5.69 Å². The third kappa shape index (κ3) is 7.37. The number of unbranched alkanes of at least 4 members (excludes halogenated alkanes) is 1. The molecule has 0 radical (unpaired) electrons. The molecule has 11 heteroatoms. The van der Waals surface area contributed by atoms with Gasteiger partial charge in [-0.25, -0.2) is 14.3 Å². The van der Waals surface area contributed by atoms with E-state index in [-0.39, 0.29) is 12.6 Å². The lowest BCUT2D eigenvalue weighted by Gasteiger charge is -2.19. The number of rotatable bonds is 10. The third-order valence-electron chi connectivity index (χ3n) is 4.98. The number of ether oxygens (including phenoxy) is 2. The molecule has 182 valence electrons. The van der Waals surface area contributed by atoms with Crippen LogP contribution >= 0.6 is 0 Å². The van der Waals surface area contributed by atoms with Gasteiger partial charge in [-0.15, -0.1) is 5.10 Å². The summed E-state index contributed by atoms with van der Waals surface area (Å²) in [5, 5.41) is 23.3. The monoisotopic (exact) mass is 469 g/mol. The Balaban J connectivity index is 1.49. The van der Waals surface area contributed by atoms with E-state index in [0.29, 0.717) is 43.9 Å². The van der Waals surface area contributed by atoms with Crippen LogP contribution in [0.5, 0.6) is 5.75 Å². The summed E-state index contributed by atoms with van der Waals surface area (Å²) in [6, 6.07) is 7.22. The normalized spacial score (nSPS) is 13.4.